The van der Waals surface area contributed by atoms with Gasteiger partial charge in [0, 0.05) is 0 Å². The van der Waals surface area contributed by atoms with Crippen molar-refractivity contribution in [2.75, 3.05) is 0 Å². The molecule has 10 heteroatoms. The first-order valence-electron chi connectivity index (χ1n) is 3.53. The second-order valence-corrected chi connectivity index (χ2v) is 2.59. The van der Waals surface area contributed by atoms with Crippen LogP contribution in [0.1, 0.15) is 0 Å². The third-order valence-electron chi connectivity index (χ3n) is 1.39. The fourth-order valence-electron chi connectivity index (χ4n) is 0.830. The fraction of sp³-hybridized carbons (Fsp3) is 0.667. The highest BCUT2D eigenvalue weighted by molar-refractivity contribution is 5.14. The normalized spacial score (nSPS) is 27.5. The highest BCUT2D eigenvalue weighted by Crippen LogP contribution is 2.42. The van der Waals surface area contributed by atoms with Crippen LogP contribution in [-0.2, 0) is 9.47 Å². The number of ether oxygens (including phenoxy) is 2. The minimum atomic E-state index is -5.63. The van der Waals surface area contributed by atoms with Gasteiger partial charge < -0.3 is 9.47 Å². The number of hydrogen-bond donors (Lipinski definition) is 0. The van der Waals surface area contributed by atoms with Crippen molar-refractivity contribution in [1.82, 2.24) is 0 Å². The molecule has 1 heterocycles. The average molecular weight is 258 g/mol. The maximum atomic E-state index is 12.3. The smallest absolute Gasteiger partial charge is 0.445 e. The molecule has 0 aliphatic carbocycles. The Balaban J connectivity index is 3.20. The van der Waals surface area contributed by atoms with Crippen molar-refractivity contribution >= 4 is 0 Å². The number of halogens is 8. The van der Waals surface area contributed by atoms with E-state index in [2.05, 4.69) is 9.47 Å². The van der Waals surface area contributed by atoms with Crippen LogP contribution in [0.2, 0.25) is 0 Å². The molecule has 2 atom stereocenters. The largest absolute Gasteiger partial charge is 0.452 e. The Morgan fingerprint density at radius 1 is 0.688 bits per heavy atom. The lowest BCUT2D eigenvalue weighted by molar-refractivity contribution is -0.259. The Hall–Kier alpha value is -1.22. The SMILES string of the molecule is F[C@@H]1OC(C(F)(F)F)=C(C(F)(F)F)O[C@@H]1F. The Morgan fingerprint density at radius 3 is 1.12 bits per heavy atom. The molecule has 0 aromatic heterocycles. The Morgan fingerprint density at radius 2 is 0.938 bits per heavy atom. The first-order valence-corrected chi connectivity index (χ1v) is 3.53. The van der Waals surface area contributed by atoms with Crippen LogP contribution >= 0.6 is 0 Å². The van der Waals surface area contributed by atoms with Crippen molar-refractivity contribution in [3.8, 4) is 0 Å². The van der Waals surface area contributed by atoms with E-state index in [1.54, 1.807) is 0 Å². The lowest BCUT2D eigenvalue weighted by atomic mass is 10.3. The van der Waals surface area contributed by atoms with Crippen LogP contribution in [-0.4, -0.2) is 25.1 Å². The van der Waals surface area contributed by atoms with Crippen molar-refractivity contribution in [3.05, 3.63) is 11.5 Å². The summed E-state index contributed by atoms with van der Waals surface area (Å²) in [7, 11) is 0. The van der Waals surface area contributed by atoms with Crippen LogP contribution in [0.3, 0.4) is 0 Å². The highest BCUT2D eigenvalue weighted by atomic mass is 19.4. The molecular weight excluding hydrogens is 256 g/mol. The first-order chi connectivity index (χ1) is 7.03. The van der Waals surface area contributed by atoms with E-state index in [1.165, 1.54) is 0 Å². The summed E-state index contributed by atoms with van der Waals surface area (Å²) in [5, 5.41) is 0. The van der Waals surface area contributed by atoms with Crippen LogP contribution in [0.15, 0.2) is 11.5 Å². The summed E-state index contributed by atoms with van der Waals surface area (Å²) in [6.07, 6.45) is -17.8. The van der Waals surface area contributed by atoms with Gasteiger partial charge in [-0.25, -0.2) is 0 Å². The third-order valence-corrected chi connectivity index (χ3v) is 1.39. The van der Waals surface area contributed by atoms with Crippen LogP contribution < -0.4 is 0 Å². The summed E-state index contributed by atoms with van der Waals surface area (Å²) in [6, 6.07) is 0. The molecule has 1 rings (SSSR count). The molecule has 0 unspecified atom stereocenters. The summed E-state index contributed by atoms with van der Waals surface area (Å²) in [5.74, 6) is -5.47. The van der Waals surface area contributed by atoms with Gasteiger partial charge in [-0.05, 0) is 0 Å². The van der Waals surface area contributed by atoms with Gasteiger partial charge in [0.2, 0.25) is 0 Å². The molecule has 0 saturated heterocycles. The monoisotopic (exact) mass is 258 g/mol. The fourth-order valence-corrected chi connectivity index (χ4v) is 0.830. The molecule has 2 nitrogen and oxygen atoms in total. The first kappa shape index (κ1) is 12.8. The minimum Gasteiger partial charge on any atom is -0.445 e. The van der Waals surface area contributed by atoms with Gasteiger partial charge in [-0.3, -0.25) is 0 Å². The minimum absolute atomic E-state index is 2.73. The van der Waals surface area contributed by atoms with Crippen LogP contribution in [0.4, 0.5) is 35.1 Å². The van der Waals surface area contributed by atoms with Gasteiger partial charge in [-0.1, -0.05) is 0 Å². The zero-order valence-electron chi connectivity index (χ0n) is 6.99. The summed E-state index contributed by atoms with van der Waals surface area (Å²) < 4.78 is 103. The van der Waals surface area contributed by atoms with Crippen LogP contribution in [0.25, 0.3) is 0 Å². The molecule has 0 fully saturated rings. The number of allylic oxidation sites excluding steroid dienone is 2. The second-order valence-electron chi connectivity index (χ2n) is 2.59. The van der Waals surface area contributed by atoms with Crippen molar-refractivity contribution in [2.24, 2.45) is 0 Å². The van der Waals surface area contributed by atoms with Gasteiger partial charge in [-0.15, -0.1) is 0 Å². The topological polar surface area (TPSA) is 18.5 Å². The Kier molecular flexibility index (Phi) is 2.94. The van der Waals surface area contributed by atoms with E-state index in [4.69, 9.17) is 0 Å². The number of rotatable bonds is 0. The van der Waals surface area contributed by atoms with E-state index in [0.29, 0.717) is 0 Å². The lowest BCUT2D eigenvalue weighted by Gasteiger charge is -2.28. The summed E-state index contributed by atoms with van der Waals surface area (Å²) in [4.78, 5) is 0. The molecule has 0 aromatic carbocycles. The summed E-state index contributed by atoms with van der Waals surface area (Å²) in [5.41, 5.74) is 0. The summed E-state index contributed by atoms with van der Waals surface area (Å²) >= 11 is 0. The molecule has 0 saturated carbocycles. The molecule has 94 valence electrons. The predicted molar refractivity (Wildman–Crippen MR) is 31.1 cm³/mol. The molecular formula is C6H2F8O2. The molecule has 0 N–H and O–H groups in total. The molecule has 0 bridgehead atoms. The molecule has 1 aliphatic rings. The van der Waals surface area contributed by atoms with E-state index < -0.39 is 36.6 Å². The Labute approximate surface area is 82.4 Å². The van der Waals surface area contributed by atoms with E-state index >= 15 is 0 Å². The van der Waals surface area contributed by atoms with Gasteiger partial charge in [0.15, 0.2) is 0 Å². The predicted octanol–water partition coefficient (Wildman–Crippen LogP) is 2.96. The van der Waals surface area contributed by atoms with Crippen molar-refractivity contribution in [2.45, 2.75) is 25.1 Å². The van der Waals surface area contributed by atoms with Gasteiger partial charge >= 0.3 is 25.1 Å². The highest BCUT2D eigenvalue weighted by Gasteiger charge is 2.55. The van der Waals surface area contributed by atoms with Gasteiger partial charge in [0.05, 0.1) is 0 Å². The number of hydrogen-bond acceptors (Lipinski definition) is 2. The van der Waals surface area contributed by atoms with Gasteiger partial charge in [0.1, 0.15) is 0 Å². The summed E-state index contributed by atoms with van der Waals surface area (Å²) in [6.45, 7) is 0. The van der Waals surface area contributed by atoms with E-state index in [9.17, 15) is 35.1 Å². The maximum Gasteiger partial charge on any atom is 0.452 e. The Bertz CT molecular complexity index is 273. The third kappa shape index (κ3) is 2.47. The van der Waals surface area contributed by atoms with Gasteiger partial charge in [-0.2, -0.15) is 35.1 Å². The van der Waals surface area contributed by atoms with E-state index in [1.807, 2.05) is 0 Å². The second kappa shape index (κ2) is 3.67. The lowest BCUT2D eigenvalue weighted by Crippen LogP contribution is -2.38. The molecule has 0 spiro atoms. The molecule has 1 aliphatic heterocycles. The number of alkyl halides is 8. The van der Waals surface area contributed by atoms with E-state index in [-0.39, 0.29) is 0 Å². The van der Waals surface area contributed by atoms with Gasteiger partial charge in [0.25, 0.3) is 11.5 Å². The standard InChI is InChI=1S/C6H2F8O2/c7-3-4(8)16-2(6(12,13)14)1(15-3)5(9,10)11/h3-4H/t3-,4+. The zero-order valence-corrected chi connectivity index (χ0v) is 6.99. The van der Waals surface area contributed by atoms with Crippen molar-refractivity contribution < 1.29 is 44.6 Å². The van der Waals surface area contributed by atoms with Crippen LogP contribution in [0.5, 0.6) is 0 Å². The molecule has 0 amide bonds. The van der Waals surface area contributed by atoms with Crippen molar-refractivity contribution in [3.63, 3.8) is 0 Å². The molecule has 0 radical (unpaired) electrons. The van der Waals surface area contributed by atoms with Crippen LogP contribution in [0, 0.1) is 0 Å². The quantitative estimate of drug-likeness (QED) is 0.622. The molecule has 0 aromatic rings. The molecule has 16 heavy (non-hydrogen) atoms. The maximum absolute atomic E-state index is 12.3. The zero-order chi connectivity index (χ0) is 12.7. The van der Waals surface area contributed by atoms with E-state index in [0.717, 1.165) is 0 Å². The van der Waals surface area contributed by atoms with Crippen molar-refractivity contribution in [1.29, 1.82) is 0 Å². The average Bonchev–Trinajstić information content (AvgIpc) is 2.05.